The number of fused-ring (bicyclic) bond motifs is 6. The maximum Gasteiger partial charge on any atom is 0.0729 e. The van der Waals surface area contributed by atoms with E-state index >= 15 is 0 Å². The Labute approximate surface area is 191 Å². The van der Waals surface area contributed by atoms with E-state index in [0.29, 0.717) is 17.3 Å². The molecule has 0 heterocycles. The van der Waals surface area contributed by atoms with Crippen LogP contribution in [0.1, 0.15) is 112 Å². The summed E-state index contributed by atoms with van der Waals surface area (Å²) in [5.74, 6) is 3.32. The van der Waals surface area contributed by atoms with Gasteiger partial charge in [-0.2, -0.15) is 0 Å². The summed E-state index contributed by atoms with van der Waals surface area (Å²) in [4.78, 5) is 0. The molecule has 2 nitrogen and oxygen atoms in total. The second kappa shape index (κ2) is 7.33. The topological polar surface area (TPSA) is 40.5 Å². The predicted octanol–water partition coefficient (Wildman–Crippen LogP) is 6.89. The summed E-state index contributed by atoms with van der Waals surface area (Å²) in [5, 5.41) is 22.9. The van der Waals surface area contributed by atoms with Gasteiger partial charge in [0.25, 0.3) is 0 Å². The van der Waals surface area contributed by atoms with Crippen molar-refractivity contribution >= 4 is 0 Å². The first-order valence-electron chi connectivity index (χ1n) is 13.7. The lowest BCUT2D eigenvalue weighted by molar-refractivity contribution is -0.152. The first-order chi connectivity index (χ1) is 14.6. The molecule has 5 aliphatic rings. The average molecular weight is 429 g/mol. The minimum absolute atomic E-state index is 0.0819. The van der Waals surface area contributed by atoms with Crippen LogP contribution in [0, 0.1) is 45.8 Å². The molecule has 0 bridgehead atoms. The molecular formula is C29H48O2. The first-order valence-corrected chi connectivity index (χ1v) is 13.7. The van der Waals surface area contributed by atoms with Gasteiger partial charge in [0.05, 0.1) is 11.7 Å². The molecule has 4 fully saturated rings. The van der Waals surface area contributed by atoms with Crippen molar-refractivity contribution in [3.8, 4) is 0 Å². The highest BCUT2D eigenvalue weighted by molar-refractivity contribution is 5.37. The fourth-order valence-electron chi connectivity index (χ4n) is 9.75. The zero-order chi connectivity index (χ0) is 22.2. The van der Waals surface area contributed by atoms with E-state index in [0.717, 1.165) is 30.6 Å². The molecule has 1 spiro atoms. The van der Waals surface area contributed by atoms with E-state index < -0.39 is 5.60 Å². The van der Waals surface area contributed by atoms with Crippen molar-refractivity contribution in [2.75, 3.05) is 0 Å². The van der Waals surface area contributed by atoms with Gasteiger partial charge in [-0.25, -0.2) is 0 Å². The number of hydrogen-bond donors (Lipinski definition) is 2. The second-order valence-electron chi connectivity index (χ2n) is 13.5. The lowest BCUT2D eigenvalue weighted by Gasteiger charge is -2.61. The van der Waals surface area contributed by atoms with Crippen LogP contribution in [0.2, 0.25) is 0 Å². The van der Waals surface area contributed by atoms with Crippen molar-refractivity contribution in [2.45, 2.75) is 123 Å². The molecule has 0 radical (unpaired) electrons. The number of rotatable bonds is 5. The number of aliphatic hydroxyl groups is 2. The van der Waals surface area contributed by atoms with E-state index in [-0.39, 0.29) is 16.9 Å². The van der Waals surface area contributed by atoms with E-state index in [9.17, 15) is 10.2 Å². The van der Waals surface area contributed by atoms with E-state index in [2.05, 4.69) is 40.7 Å². The van der Waals surface area contributed by atoms with Crippen molar-refractivity contribution in [2.24, 2.45) is 45.8 Å². The maximum absolute atomic E-state index is 12.1. The van der Waals surface area contributed by atoms with Crippen molar-refractivity contribution in [3.63, 3.8) is 0 Å². The lowest BCUT2D eigenvalue weighted by Crippen LogP contribution is -2.57. The van der Waals surface area contributed by atoms with E-state index in [4.69, 9.17) is 0 Å². The SMILES string of the molecule is CC(C)CCC[C@@H](C)[C@@]1(O)CC[C@H]2[C@@H]3CC=C4C5(CC5)[C@@H](O)CC[C@]4(C)[C@H]3CC[C@@]21C. The lowest BCUT2D eigenvalue weighted by atomic mass is 9.45. The predicted molar refractivity (Wildman–Crippen MR) is 128 cm³/mol. The Morgan fingerprint density at radius 1 is 0.935 bits per heavy atom. The van der Waals surface area contributed by atoms with Crippen LogP contribution in [0.5, 0.6) is 0 Å². The molecule has 0 amide bonds. The van der Waals surface area contributed by atoms with Gasteiger partial charge in [-0.15, -0.1) is 0 Å². The van der Waals surface area contributed by atoms with Gasteiger partial charge in [0.15, 0.2) is 0 Å². The molecule has 4 saturated carbocycles. The molecule has 8 atom stereocenters. The minimum atomic E-state index is -0.481. The van der Waals surface area contributed by atoms with E-state index in [1.807, 2.05) is 0 Å². The highest BCUT2D eigenvalue weighted by Gasteiger charge is 2.67. The molecule has 0 unspecified atom stereocenters. The van der Waals surface area contributed by atoms with Crippen molar-refractivity contribution < 1.29 is 10.2 Å². The zero-order valence-corrected chi connectivity index (χ0v) is 20.9. The van der Waals surface area contributed by atoms with Gasteiger partial charge < -0.3 is 10.2 Å². The van der Waals surface area contributed by atoms with Gasteiger partial charge in [-0.1, -0.05) is 59.1 Å². The number of hydrogen-bond acceptors (Lipinski definition) is 2. The van der Waals surface area contributed by atoms with Gasteiger partial charge >= 0.3 is 0 Å². The molecule has 5 rings (SSSR count). The first kappa shape index (κ1) is 22.5. The fourth-order valence-corrected chi connectivity index (χ4v) is 9.75. The van der Waals surface area contributed by atoms with E-state index in [1.165, 1.54) is 64.2 Å². The van der Waals surface area contributed by atoms with Gasteiger partial charge in [0.1, 0.15) is 0 Å². The fraction of sp³-hybridized carbons (Fsp3) is 0.931. The van der Waals surface area contributed by atoms with Crippen molar-refractivity contribution in [1.29, 1.82) is 0 Å². The maximum atomic E-state index is 12.1. The summed E-state index contributed by atoms with van der Waals surface area (Å²) in [6.07, 6.45) is 16.7. The van der Waals surface area contributed by atoms with Gasteiger partial charge in [-0.3, -0.25) is 0 Å². The molecule has 0 saturated heterocycles. The molecular weight excluding hydrogens is 380 g/mol. The molecule has 2 N–H and O–H groups in total. The van der Waals surface area contributed by atoms with Crippen LogP contribution in [-0.4, -0.2) is 21.9 Å². The van der Waals surface area contributed by atoms with Gasteiger partial charge in [-0.05, 0) is 105 Å². The Morgan fingerprint density at radius 2 is 1.65 bits per heavy atom. The van der Waals surface area contributed by atoms with Crippen LogP contribution in [0.4, 0.5) is 0 Å². The standard InChI is InChI=1S/C29H48O2/c1-19(2)7-6-8-20(3)29(31)16-12-23-21-9-10-24-26(4,22(21)11-15-27(23,29)5)14-13-25(30)28(24)17-18-28/h10,19-23,25,30-31H,6-9,11-18H2,1-5H3/t20-,21-,22+,23+,25+,26-,27+,29+/m1/s1. The Bertz CT molecular complexity index is 735. The van der Waals surface area contributed by atoms with Crippen LogP contribution in [0.3, 0.4) is 0 Å². The smallest absolute Gasteiger partial charge is 0.0729 e. The highest BCUT2D eigenvalue weighted by Crippen LogP contribution is 2.73. The van der Waals surface area contributed by atoms with Crippen LogP contribution >= 0.6 is 0 Å². The summed E-state index contributed by atoms with van der Waals surface area (Å²) in [5.41, 5.74) is 1.70. The zero-order valence-electron chi connectivity index (χ0n) is 20.9. The quantitative estimate of drug-likeness (QED) is 0.468. The number of aliphatic hydroxyl groups excluding tert-OH is 1. The molecule has 176 valence electrons. The van der Waals surface area contributed by atoms with Crippen LogP contribution < -0.4 is 0 Å². The normalized spacial score (nSPS) is 48.7. The van der Waals surface area contributed by atoms with Crippen LogP contribution in [0.15, 0.2) is 11.6 Å². The van der Waals surface area contributed by atoms with Gasteiger partial charge in [0.2, 0.25) is 0 Å². The molecule has 5 aliphatic carbocycles. The molecule has 0 aromatic heterocycles. The third-order valence-electron chi connectivity index (χ3n) is 11.8. The monoisotopic (exact) mass is 428 g/mol. The Hall–Kier alpha value is -0.340. The van der Waals surface area contributed by atoms with Crippen LogP contribution in [-0.2, 0) is 0 Å². The van der Waals surface area contributed by atoms with Crippen molar-refractivity contribution in [3.05, 3.63) is 11.6 Å². The van der Waals surface area contributed by atoms with Crippen LogP contribution in [0.25, 0.3) is 0 Å². The largest absolute Gasteiger partial charge is 0.392 e. The Kier molecular flexibility index (Phi) is 5.31. The number of allylic oxidation sites excluding steroid dienone is 1. The third-order valence-corrected chi connectivity index (χ3v) is 11.8. The Balaban J connectivity index is 1.39. The summed E-state index contributed by atoms with van der Waals surface area (Å²) in [6.45, 7) is 12.0. The molecule has 2 heteroatoms. The second-order valence-corrected chi connectivity index (χ2v) is 13.5. The molecule has 31 heavy (non-hydrogen) atoms. The van der Waals surface area contributed by atoms with E-state index in [1.54, 1.807) is 5.57 Å². The summed E-state index contributed by atoms with van der Waals surface area (Å²) in [7, 11) is 0. The molecule has 0 aliphatic heterocycles. The summed E-state index contributed by atoms with van der Waals surface area (Å²) < 4.78 is 0. The summed E-state index contributed by atoms with van der Waals surface area (Å²) in [6, 6.07) is 0. The summed E-state index contributed by atoms with van der Waals surface area (Å²) >= 11 is 0. The van der Waals surface area contributed by atoms with Gasteiger partial charge in [0, 0.05) is 5.41 Å². The average Bonchev–Trinajstić information content (AvgIpc) is 3.45. The molecule has 0 aromatic carbocycles. The van der Waals surface area contributed by atoms with Crippen molar-refractivity contribution in [1.82, 2.24) is 0 Å². The molecule has 0 aromatic rings. The highest BCUT2D eigenvalue weighted by atomic mass is 16.3. The minimum Gasteiger partial charge on any atom is -0.392 e. The third kappa shape index (κ3) is 3.02. The Morgan fingerprint density at radius 3 is 2.32 bits per heavy atom.